The maximum atomic E-state index is 11.2. The van der Waals surface area contributed by atoms with Gasteiger partial charge in [0, 0.05) is 35.7 Å². The van der Waals surface area contributed by atoms with E-state index in [0.717, 1.165) is 25.3 Å². The maximum Gasteiger partial charge on any atom is 0.304 e. The summed E-state index contributed by atoms with van der Waals surface area (Å²) in [5, 5.41) is 5.57. The molecule has 3 rings (SSSR count). The highest BCUT2D eigenvalue weighted by Gasteiger charge is 2.55. The molecule has 2 aliphatic carbocycles. The van der Waals surface area contributed by atoms with Gasteiger partial charge in [0.25, 0.3) is 0 Å². The number of aromatic nitrogens is 1. The van der Waals surface area contributed by atoms with Gasteiger partial charge in [-0.15, -0.1) is 0 Å². The molecule has 1 aromatic rings. The minimum Gasteiger partial charge on any atom is -0.378 e. The fourth-order valence-corrected chi connectivity index (χ4v) is 4.56. The van der Waals surface area contributed by atoms with E-state index in [2.05, 4.69) is 17.2 Å². The lowest BCUT2D eigenvalue weighted by molar-refractivity contribution is -0.150. The molecular weight excluding hydrogens is 272 g/mol. The van der Waals surface area contributed by atoms with Crippen molar-refractivity contribution in [1.29, 1.82) is 0 Å². The number of ether oxygens (including phenoxy) is 1. The van der Waals surface area contributed by atoms with Crippen LogP contribution in [0.1, 0.15) is 51.1 Å². The average Bonchev–Trinajstić information content (AvgIpc) is 2.88. The van der Waals surface area contributed by atoms with E-state index in [1.54, 1.807) is 0 Å². The summed E-state index contributed by atoms with van der Waals surface area (Å²) in [5.41, 5.74) is 1.36. The normalized spacial score (nSPS) is 28.4. The maximum absolute atomic E-state index is 11.2. The van der Waals surface area contributed by atoms with Gasteiger partial charge < -0.3 is 15.0 Å². The Bertz CT molecular complexity index is 490. The van der Waals surface area contributed by atoms with Crippen LogP contribution in [0.2, 0.25) is 0 Å². The fraction of sp³-hybridized carbons (Fsp3) is 0.800. The van der Waals surface area contributed by atoms with Gasteiger partial charge in [-0.2, -0.15) is 0 Å². The third-order valence-corrected chi connectivity index (χ3v) is 5.77. The van der Waals surface area contributed by atoms with E-state index in [9.17, 15) is 4.79 Å². The van der Waals surface area contributed by atoms with Crippen LogP contribution >= 0.6 is 11.3 Å². The third-order valence-electron chi connectivity index (χ3n) is 5.05. The molecule has 1 heterocycles. The SMILES string of the molecule is CCOC1CC(NCc2csc(=O)[nH]2)C12CCCCC2. The van der Waals surface area contributed by atoms with E-state index in [1.165, 1.54) is 43.4 Å². The summed E-state index contributed by atoms with van der Waals surface area (Å²) in [5.74, 6) is 0. The van der Waals surface area contributed by atoms with Crippen LogP contribution in [0.4, 0.5) is 0 Å². The first-order valence-corrected chi connectivity index (χ1v) is 8.64. The van der Waals surface area contributed by atoms with Crippen LogP contribution in [-0.4, -0.2) is 23.7 Å². The van der Waals surface area contributed by atoms with E-state index in [0.29, 0.717) is 17.6 Å². The second kappa shape index (κ2) is 6.00. The Balaban J connectivity index is 1.62. The molecule has 0 aliphatic heterocycles. The van der Waals surface area contributed by atoms with Crippen LogP contribution in [-0.2, 0) is 11.3 Å². The molecule has 0 radical (unpaired) electrons. The highest BCUT2D eigenvalue weighted by molar-refractivity contribution is 7.07. The molecule has 20 heavy (non-hydrogen) atoms. The topological polar surface area (TPSA) is 54.1 Å². The van der Waals surface area contributed by atoms with Crippen molar-refractivity contribution in [3.05, 3.63) is 20.7 Å². The van der Waals surface area contributed by atoms with Crippen molar-refractivity contribution in [3.8, 4) is 0 Å². The number of thiazole rings is 1. The highest BCUT2D eigenvalue weighted by atomic mass is 32.1. The molecule has 0 amide bonds. The van der Waals surface area contributed by atoms with E-state index >= 15 is 0 Å². The molecule has 0 bridgehead atoms. The highest BCUT2D eigenvalue weighted by Crippen LogP contribution is 2.53. The predicted octanol–water partition coefficient (Wildman–Crippen LogP) is 2.65. The first kappa shape index (κ1) is 14.3. The van der Waals surface area contributed by atoms with Gasteiger partial charge in [-0.25, -0.2) is 0 Å². The number of rotatable bonds is 5. The quantitative estimate of drug-likeness (QED) is 0.878. The minimum absolute atomic E-state index is 0.0370. The summed E-state index contributed by atoms with van der Waals surface area (Å²) in [4.78, 5) is 14.1. The molecule has 4 nitrogen and oxygen atoms in total. The van der Waals surface area contributed by atoms with Gasteiger partial charge in [-0.1, -0.05) is 30.6 Å². The van der Waals surface area contributed by atoms with Gasteiger partial charge in [0.05, 0.1) is 6.10 Å². The van der Waals surface area contributed by atoms with Gasteiger partial charge in [0.1, 0.15) is 0 Å². The summed E-state index contributed by atoms with van der Waals surface area (Å²) in [7, 11) is 0. The molecular formula is C15H24N2O2S. The van der Waals surface area contributed by atoms with Crippen molar-refractivity contribution in [2.45, 2.75) is 64.1 Å². The summed E-state index contributed by atoms with van der Waals surface area (Å²) >= 11 is 1.24. The Hall–Kier alpha value is -0.650. The lowest BCUT2D eigenvalue weighted by Gasteiger charge is -2.58. The van der Waals surface area contributed by atoms with Gasteiger partial charge in [-0.3, -0.25) is 4.79 Å². The molecule has 2 atom stereocenters. The zero-order chi connectivity index (χ0) is 14.0. The summed E-state index contributed by atoms with van der Waals surface area (Å²) < 4.78 is 5.96. The molecule has 1 aromatic heterocycles. The predicted molar refractivity (Wildman–Crippen MR) is 81.1 cm³/mol. The Labute approximate surface area is 123 Å². The molecule has 2 unspecified atom stereocenters. The Morgan fingerprint density at radius 3 is 2.90 bits per heavy atom. The van der Waals surface area contributed by atoms with Crippen LogP contribution in [0.5, 0.6) is 0 Å². The summed E-state index contributed by atoms with van der Waals surface area (Å²) in [6.07, 6.45) is 8.15. The first-order valence-electron chi connectivity index (χ1n) is 7.76. The monoisotopic (exact) mass is 296 g/mol. The van der Waals surface area contributed by atoms with Crippen LogP contribution in [0, 0.1) is 5.41 Å². The molecule has 112 valence electrons. The van der Waals surface area contributed by atoms with E-state index in [1.807, 2.05) is 5.38 Å². The molecule has 2 fully saturated rings. The van der Waals surface area contributed by atoms with Crippen LogP contribution in [0.15, 0.2) is 10.2 Å². The zero-order valence-corrected chi connectivity index (χ0v) is 12.9. The van der Waals surface area contributed by atoms with Crippen LogP contribution in [0.25, 0.3) is 0 Å². The zero-order valence-electron chi connectivity index (χ0n) is 12.1. The molecule has 5 heteroatoms. The molecule has 2 N–H and O–H groups in total. The third kappa shape index (κ3) is 2.59. The number of aromatic amines is 1. The van der Waals surface area contributed by atoms with E-state index < -0.39 is 0 Å². The Kier molecular flexibility index (Phi) is 4.29. The fourth-order valence-electron chi connectivity index (χ4n) is 3.98. The second-order valence-electron chi connectivity index (χ2n) is 6.08. The van der Waals surface area contributed by atoms with E-state index in [-0.39, 0.29) is 4.87 Å². The van der Waals surface area contributed by atoms with Gasteiger partial charge in [0.2, 0.25) is 0 Å². The van der Waals surface area contributed by atoms with Crippen molar-refractivity contribution >= 4 is 11.3 Å². The first-order chi connectivity index (χ1) is 9.74. The Morgan fingerprint density at radius 1 is 1.45 bits per heavy atom. The number of nitrogens with one attached hydrogen (secondary N) is 2. The van der Waals surface area contributed by atoms with Gasteiger partial charge in [0.15, 0.2) is 0 Å². The standard InChI is InChI=1S/C15H24N2O2S/c1-2-19-13-8-12(15(13)6-4-3-5-7-15)16-9-11-10-20-14(18)17-11/h10,12-13,16H,2-9H2,1H3,(H,17,18). The lowest BCUT2D eigenvalue weighted by atomic mass is 9.55. The minimum atomic E-state index is 0.0370. The van der Waals surface area contributed by atoms with Crippen molar-refractivity contribution in [2.75, 3.05) is 6.61 Å². The van der Waals surface area contributed by atoms with Crippen molar-refractivity contribution in [1.82, 2.24) is 10.3 Å². The summed E-state index contributed by atoms with van der Waals surface area (Å²) in [6, 6.07) is 0.544. The van der Waals surface area contributed by atoms with Crippen molar-refractivity contribution < 1.29 is 4.74 Å². The van der Waals surface area contributed by atoms with Crippen molar-refractivity contribution in [3.63, 3.8) is 0 Å². The smallest absolute Gasteiger partial charge is 0.304 e. The van der Waals surface area contributed by atoms with E-state index in [4.69, 9.17) is 4.74 Å². The molecule has 0 saturated heterocycles. The average molecular weight is 296 g/mol. The van der Waals surface area contributed by atoms with Gasteiger partial charge in [-0.05, 0) is 26.2 Å². The lowest BCUT2D eigenvalue weighted by Crippen LogP contribution is -2.64. The number of hydrogen-bond donors (Lipinski definition) is 2. The molecule has 1 spiro atoms. The summed E-state index contributed by atoms with van der Waals surface area (Å²) in [6.45, 7) is 3.67. The number of hydrogen-bond acceptors (Lipinski definition) is 4. The number of H-pyrrole nitrogens is 1. The molecule has 2 aliphatic rings. The second-order valence-corrected chi connectivity index (χ2v) is 6.92. The molecule has 0 aromatic carbocycles. The molecule has 2 saturated carbocycles. The van der Waals surface area contributed by atoms with Gasteiger partial charge >= 0.3 is 4.87 Å². The largest absolute Gasteiger partial charge is 0.378 e. The van der Waals surface area contributed by atoms with Crippen LogP contribution < -0.4 is 10.2 Å². The van der Waals surface area contributed by atoms with Crippen molar-refractivity contribution in [2.24, 2.45) is 5.41 Å². The Morgan fingerprint density at radius 2 is 2.25 bits per heavy atom. The van der Waals surface area contributed by atoms with Crippen LogP contribution in [0.3, 0.4) is 0 Å².